The van der Waals surface area contributed by atoms with Gasteiger partial charge >= 0.3 is 0 Å². The number of Topliss-reactive ketones (excluding diaryl/α,β-unsaturated/α-hetero) is 1. The first-order chi connectivity index (χ1) is 13.4. The van der Waals surface area contributed by atoms with Crippen LogP contribution in [-0.2, 0) is 6.42 Å². The number of aromatic hydroxyl groups is 2. The predicted octanol–water partition coefficient (Wildman–Crippen LogP) is 4.39. The fourth-order valence-electron chi connectivity index (χ4n) is 2.97. The molecule has 0 heterocycles. The molecule has 0 aliphatic carbocycles. The molecule has 0 spiro atoms. The van der Waals surface area contributed by atoms with E-state index < -0.39 is 5.91 Å². The number of anilines is 1. The maximum absolute atomic E-state index is 12.7. The summed E-state index contributed by atoms with van der Waals surface area (Å²) in [5.41, 5.74) is 3.48. The molecule has 0 saturated carbocycles. The molecule has 1 amide bonds. The van der Waals surface area contributed by atoms with E-state index in [4.69, 9.17) is 0 Å². The van der Waals surface area contributed by atoms with Crippen LogP contribution in [0.2, 0.25) is 0 Å². The molecule has 3 N–H and O–H groups in total. The highest BCUT2D eigenvalue weighted by molar-refractivity contribution is 6.07. The third-order valence-electron chi connectivity index (χ3n) is 4.67. The Bertz CT molecular complexity index is 972. The molecule has 3 rings (SSSR count). The van der Waals surface area contributed by atoms with Crippen LogP contribution in [0.15, 0.2) is 60.7 Å². The second-order valence-corrected chi connectivity index (χ2v) is 6.68. The molecule has 0 aromatic heterocycles. The lowest BCUT2D eigenvalue weighted by Crippen LogP contribution is -2.15. The smallest absolute Gasteiger partial charge is 0.259 e. The van der Waals surface area contributed by atoms with Crippen LogP contribution in [0, 0.1) is 13.8 Å². The van der Waals surface area contributed by atoms with Gasteiger partial charge in [0, 0.05) is 12.1 Å². The Hall–Kier alpha value is -3.60. The highest BCUT2D eigenvalue weighted by Gasteiger charge is 2.17. The van der Waals surface area contributed by atoms with E-state index >= 15 is 0 Å². The normalized spacial score (nSPS) is 10.5. The number of hydrogen-bond donors (Lipinski definition) is 3. The van der Waals surface area contributed by atoms with Crippen LogP contribution in [0.3, 0.4) is 0 Å². The standard InChI is InChI=1S/C23H21NO4/c1-14-11-16(13-22(27)17-7-3-5-9-20(17)25)19(12-15(14)2)24-23(28)18-8-4-6-10-21(18)26/h3-12,25-26H,13H2,1-2H3,(H,24,28). The third-order valence-corrected chi connectivity index (χ3v) is 4.67. The third kappa shape index (κ3) is 4.04. The van der Waals surface area contributed by atoms with E-state index in [2.05, 4.69) is 5.32 Å². The molecule has 0 bridgehead atoms. The first-order valence-electron chi connectivity index (χ1n) is 8.87. The van der Waals surface area contributed by atoms with Gasteiger partial charge in [0.2, 0.25) is 0 Å². The molecule has 28 heavy (non-hydrogen) atoms. The van der Waals surface area contributed by atoms with Crippen molar-refractivity contribution in [3.8, 4) is 11.5 Å². The molecule has 0 aliphatic rings. The lowest BCUT2D eigenvalue weighted by atomic mass is 9.97. The maximum Gasteiger partial charge on any atom is 0.259 e. The van der Waals surface area contributed by atoms with E-state index in [1.807, 2.05) is 19.9 Å². The number of hydrogen-bond acceptors (Lipinski definition) is 4. The molecule has 5 heteroatoms. The number of amides is 1. The van der Waals surface area contributed by atoms with Crippen LogP contribution in [0.4, 0.5) is 5.69 Å². The number of ketones is 1. The SMILES string of the molecule is Cc1cc(CC(=O)c2ccccc2O)c(NC(=O)c2ccccc2O)cc1C. The number of nitrogens with one attached hydrogen (secondary N) is 1. The molecule has 142 valence electrons. The number of para-hydroxylation sites is 2. The number of benzene rings is 3. The molecule has 0 aliphatic heterocycles. The molecule has 5 nitrogen and oxygen atoms in total. The number of aryl methyl sites for hydroxylation is 2. The molecule has 3 aromatic rings. The molecule has 3 aromatic carbocycles. The van der Waals surface area contributed by atoms with Crippen molar-refractivity contribution < 1.29 is 19.8 Å². The van der Waals surface area contributed by atoms with Crippen LogP contribution < -0.4 is 5.32 Å². The summed E-state index contributed by atoms with van der Waals surface area (Å²) >= 11 is 0. The van der Waals surface area contributed by atoms with Crippen LogP contribution in [0.5, 0.6) is 11.5 Å². The molecular formula is C23H21NO4. The molecule has 0 radical (unpaired) electrons. The van der Waals surface area contributed by atoms with Gasteiger partial charge < -0.3 is 15.5 Å². The van der Waals surface area contributed by atoms with E-state index in [9.17, 15) is 19.8 Å². The molecule has 0 saturated heterocycles. The summed E-state index contributed by atoms with van der Waals surface area (Å²) < 4.78 is 0. The molecular weight excluding hydrogens is 354 g/mol. The summed E-state index contributed by atoms with van der Waals surface area (Å²) in [7, 11) is 0. The Morgan fingerprint density at radius 1 is 0.821 bits per heavy atom. The van der Waals surface area contributed by atoms with Gasteiger partial charge in [-0.05, 0) is 60.9 Å². The number of carbonyl (C=O) groups excluding carboxylic acids is 2. The average Bonchev–Trinajstić information content (AvgIpc) is 2.66. The van der Waals surface area contributed by atoms with Gasteiger partial charge in [-0.3, -0.25) is 9.59 Å². The Morgan fingerprint density at radius 2 is 1.36 bits per heavy atom. The van der Waals surface area contributed by atoms with Crippen molar-refractivity contribution >= 4 is 17.4 Å². The van der Waals surface area contributed by atoms with Gasteiger partial charge in [0.25, 0.3) is 5.91 Å². The minimum atomic E-state index is -0.461. The number of phenolic OH excluding ortho intramolecular Hbond substituents is 2. The summed E-state index contributed by atoms with van der Waals surface area (Å²) in [6, 6.07) is 16.3. The van der Waals surface area contributed by atoms with Gasteiger partial charge in [-0.2, -0.15) is 0 Å². The summed E-state index contributed by atoms with van der Waals surface area (Å²) in [5, 5.41) is 22.6. The fourth-order valence-corrected chi connectivity index (χ4v) is 2.97. The van der Waals surface area contributed by atoms with E-state index in [1.54, 1.807) is 36.4 Å². The Kier molecular flexibility index (Phi) is 5.45. The van der Waals surface area contributed by atoms with Gasteiger partial charge in [0.15, 0.2) is 5.78 Å². The highest BCUT2D eigenvalue weighted by atomic mass is 16.3. The quantitative estimate of drug-likeness (QED) is 0.577. The van der Waals surface area contributed by atoms with Crippen LogP contribution in [0.25, 0.3) is 0 Å². The van der Waals surface area contributed by atoms with Crippen molar-refractivity contribution in [2.24, 2.45) is 0 Å². The minimum Gasteiger partial charge on any atom is -0.507 e. The van der Waals surface area contributed by atoms with E-state index in [1.165, 1.54) is 18.2 Å². The van der Waals surface area contributed by atoms with Gasteiger partial charge in [-0.1, -0.05) is 30.3 Å². The zero-order valence-electron chi connectivity index (χ0n) is 15.7. The lowest BCUT2D eigenvalue weighted by molar-refractivity contribution is 0.0986. The van der Waals surface area contributed by atoms with E-state index in [-0.39, 0.29) is 34.8 Å². The first-order valence-corrected chi connectivity index (χ1v) is 8.87. The minimum absolute atomic E-state index is 0.0229. The van der Waals surface area contributed by atoms with E-state index in [0.717, 1.165) is 11.1 Å². The zero-order chi connectivity index (χ0) is 20.3. The van der Waals surface area contributed by atoms with Crippen molar-refractivity contribution in [1.82, 2.24) is 0 Å². The van der Waals surface area contributed by atoms with Crippen molar-refractivity contribution in [2.45, 2.75) is 20.3 Å². The molecule has 0 unspecified atom stereocenters. The second kappa shape index (κ2) is 7.96. The summed E-state index contributed by atoms with van der Waals surface area (Å²) in [5.74, 6) is -0.899. The number of phenols is 2. The van der Waals surface area contributed by atoms with Gasteiger partial charge in [-0.15, -0.1) is 0 Å². The van der Waals surface area contributed by atoms with Crippen LogP contribution in [0.1, 0.15) is 37.4 Å². The molecule has 0 atom stereocenters. The van der Waals surface area contributed by atoms with Crippen LogP contribution in [-0.4, -0.2) is 21.9 Å². The van der Waals surface area contributed by atoms with Crippen molar-refractivity contribution in [3.05, 3.63) is 88.5 Å². The fraction of sp³-hybridized carbons (Fsp3) is 0.130. The first kappa shape index (κ1) is 19.2. The van der Waals surface area contributed by atoms with Gasteiger partial charge in [0.05, 0.1) is 11.1 Å². The number of rotatable bonds is 5. The highest BCUT2D eigenvalue weighted by Crippen LogP contribution is 2.26. The molecule has 0 fully saturated rings. The monoisotopic (exact) mass is 375 g/mol. The van der Waals surface area contributed by atoms with Crippen molar-refractivity contribution in [3.63, 3.8) is 0 Å². The summed E-state index contributed by atoms with van der Waals surface area (Å²) in [4.78, 5) is 25.3. The summed E-state index contributed by atoms with van der Waals surface area (Å²) in [6.07, 6.45) is 0.0229. The van der Waals surface area contributed by atoms with Gasteiger partial charge in [-0.25, -0.2) is 0 Å². The number of carbonyl (C=O) groups is 2. The Balaban J connectivity index is 1.93. The Morgan fingerprint density at radius 3 is 1.96 bits per heavy atom. The van der Waals surface area contributed by atoms with E-state index in [0.29, 0.717) is 11.3 Å². The lowest BCUT2D eigenvalue weighted by Gasteiger charge is -2.15. The van der Waals surface area contributed by atoms with Crippen LogP contribution >= 0.6 is 0 Å². The average molecular weight is 375 g/mol. The largest absolute Gasteiger partial charge is 0.507 e. The topological polar surface area (TPSA) is 86.6 Å². The Labute approximate surface area is 163 Å². The zero-order valence-corrected chi connectivity index (χ0v) is 15.7. The summed E-state index contributed by atoms with van der Waals surface area (Å²) in [6.45, 7) is 3.84. The van der Waals surface area contributed by atoms with Crippen molar-refractivity contribution in [2.75, 3.05) is 5.32 Å². The van der Waals surface area contributed by atoms with Gasteiger partial charge in [0.1, 0.15) is 11.5 Å². The second-order valence-electron chi connectivity index (χ2n) is 6.68. The maximum atomic E-state index is 12.7. The van der Waals surface area contributed by atoms with Crippen molar-refractivity contribution in [1.29, 1.82) is 0 Å². The predicted molar refractivity (Wildman–Crippen MR) is 108 cm³/mol.